The number of ether oxygens (including phenoxy) is 1. The molecule has 8 heteroatoms. The lowest BCUT2D eigenvalue weighted by Gasteiger charge is -2.18. The molecule has 0 bridgehead atoms. The number of anilines is 1. The molecular weight excluding hydrogens is 258 g/mol. The second-order valence-electron chi connectivity index (χ2n) is 4.53. The summed E-state index contributed by atoms with van der Waals surface area (Å²) in [6.07, 6.45) is 4.34. The van der Waals surface area contributed by atoms with Crippen molar-refractivity contribution in [2.24, 2.45) is 12.9 Å². The van der Waals surface area contributed by atoms with Crippen LogP contribution in [0.3, 0.4) is 0 Å². The van der Waals surface area contributed by atoms with Crippen LogP contribution in [0.2, 0.25) is 0 Å². The summed E-state index contributed by atoms with van der Waals surface area (Å²) >= 11 is 0. The predicted molar refractivity (Wildman–Crippen MR) is 75.9 cm³/mol. The van der Waals surface area contributed by atoms with Crippen LogP contribution in [0.25, 0.3) is 0 Å². The number of methoxy groups -OCH3 is 1. The smallest absolute Gasteiger partial charge is 0.161 e. The van der Waals surface area contributed by atoms with Gasteiger partial charge in [-0.1, -0.05) is 6.92 Å². The van der Waals surface area contributed by atoms with E-state index in [2.05, 4.69) is 22.5 Å². The van der Waals surface area contributed by atoms with E-state index in [0.717, 1.165) is 24.2 Å². The normalized spacial score (nSPS) is 12.6. The van der Waals surface area contributed by atoms with E-state index in [1.807, 2.05) is 4.68 Å². The van der Waals surface area contributed by atoms with Crippen molar-refractivity contribution in [1.29, 1.82) is 0 Å². The molecule has 0 aromatic carbocycles. The number of nitrogens with one attached hydrogen (secondary N) is 1. The van der Waals surface area contributed by atoms with Gasteiger partial charge in [-0.05, 0) is 6.42 Å². The van der Waals surface area contributed by atoms with Gasteiger partial charge in [-0.15, -0.1) is 0 Å². The number of hydrogen-bond donors (Lipinski definition) is 3. The minimum atomic E-state index is -0.326. The highest BCUT2D eigenvalue weighted by molar-refractivity contribution is 5.46. The van der Waals surface area contributed by atoms with Crippen LogP contribution >= 0.6 is 0 Å². The third-order valence-electron chi connectivity index (χ3n) is 3.27. The van der Waals surface area contributed by atoms with Crippen LogP contribution in [0, 0.1) is 0 Å². The van der Waals surface area contributed by atoms with Crippen molar-refractivity contribution < 1.29 is 4.74 Å². The molecule has 110 valence electrons. The molecule has 2 heterocycles. The standard InChI is InChI=1S/C12H21N7O/c1-4-5-19-11(9(20-3)7-16-19)10(17-14)8-6-15-18(2)12(8)13/h6-7,10,17H,4-5,13-14H2,1-3H3. The molecule has 20 heavy (non-hydrogen) atoms. The van der Waals surface area contributed by atoms with Crippen molar-refractivity contribution >= 4 is 5.82 Å². The van der Waals surface area contributed by atoms with Crippen LogP contribution in [0.1, 0.15) is 30.6 Å². The molecule has 0 aliphatic carbocycles. The maximum absolute atomic E-state index is 6.04. The number of nitrogens with zero attached hydrogens (tertiary/aromatic N) is 4. The molecule has 1 atom stereocenters. The molecule has 0 aliphatic rings. The van der Waals surface area contributed by atoms with Gasteiger partial charge in [0.15, 0.2) is 5.75 Å². The van der Waals surface area contributed by atoms with Crippen LogP contribution in [-0.4, -0.2) is 26.7 Å². The Morgan fingerprint density at radius 2 is 2.15 bits per heavy atom. The summed E-state index contributed by atoms with van der Waals surface area (Å²) in [4.78, 5) is 0. The van der Waals surface area contributed by atoms with Gasteiger partial charge in [-0.3, -0.25) is 15.2 Å². The number of aromatic nitrogens is 4. The van der Waals surface area contributed by atoms with Gasteiger partial charge in [0.05, 0.1) is 25.5 Å². The average Bonchev–Trinajstić information content (AvgIpc) is 2.99. The van der Waals surface area contributed by atoms with Crippen molar-refractivity contribution in [3.63, 3.8) is 0 Å². The molecule has 2 aromatic rings. The van der Waals surface area contributed by atoms with Crippen molar-refractivity contribution in [2.75, 3.05) is 12.8 Å². The highest BCUT2D eigenvalue weighted by Gasteiger charge is 2.25. The highest BCUT2D eigenvalue weighted by atomic mass is 16.5. The second kappa shape index (κ2) is 5.93. The molecule has 0 saturated carbocycles. The molecular formula is C12H21N7O. The Hall–Kier alpha value is -2.06. The molecule has 0 fully saturated rings. The van der Waals surface area contributed by atoms with Gasteiger partial charge in [0, 0.05) is 19.2 Å². The van der Waals surface area contributed by atoms with E-state index in [1.54, 1.807) is 31.2 Å². The summed E-state index contributed by atoms with van der Waals surface area (Å²) in [7, 11) is 3.39. The van der Waals surface area contributed by atoms with Crippen molar-refractivity contribution in [2.45, 2.75) is 25.9 Å². The van der Waals surface area contributed by atoms with Gasteiger partial charge in [-0.25, -0.2) is 5.43 Å². The first-order valence-electron chi connectivity index (χ1n) is 6.47. The van der Waals surface area contributed by atoms with E-state index in [0.29, 0.717) is 11.6 Å². The first-order valence-corrected chi connectivity index (χ1v) is 6.47. The molecule has 0 saturated heterocycles. The zero-order valence-electron chi connectivity index (χ0n) is 12.0. The van der Waals surface area contributed by atoms with Gasteiger partial charge >= 0.3 is 0 Å². The molecule has 0 radical (unpaired) electrons. The summed E-state index contributed by atoms with van der Waals surface area (Å²) in [6, 6.07) is -0.326. The zero-order chi connectivity index (χ0) is 14.7. The number of hydrogen-bond acceptors (Lipinski definition) is 6. The Morgan fingerprint density at radius 3 is 2.65 bits per heavy atom. The van der Waals surface area contributed by atoms with Gasteiger partial charge in [-0.2, -0.15) is 10.2 Å². The van der Waals surface area contributed by atoms with Crippen molar-refractivity contribution in [3.05, 3.63) is 23.7 Å². The van der Waals surface area contributed by atoms with Crippen molar-refractivity contribution in [3.8, 4) is 5.75 Å². The highest BCUT2D eigenvalue weighted by Crippen LogP contribution is 2.32. The summed E-state index contributed by atoms with van der Waals surface area (Å²) in [5, 5.41) is 8.49. The Morgan fingerprint density at radius 1 is 1.40 bits per heavy atom. The van der Waals surface area contributed by atoms with E-state index >= 15 is 0 Å². The second-order valence-corrected chi connectivity index (χ2v) is 4.53. The fourth-order valence-electron chi connectivity index (χ4n) is 2.22. The quantitative estimate of drug-likeness (QED) is 0.514. The van der Waals surface area contributed by atoms with E-state index in [4.69, 9.17) is 16.3 Å². The lowest BCUT2D eigenvalue weighted by atomic mass is 10.1. The minimum Gasteiger partial charge on any atom is -0.493 e. The number of hydrazine groups is 1. The monoisotopic (exact) mass is 279 g/mol. The maximum atomic E-state index is 6.04. The van der Waals surface area contributed by atoms with Crippen molar-refractivity contribution in [1.82, 2.24) is 25.0 Å². The molecule has 2 rings (SSSR count). The van der Waals surface area contributed by atoms with Crippen LogP contribution in [0.5, 0.6) is 5.75 Å². The Bertz CT molecular complexity index is 574. The van der Waals surface area contributed by atoms with Crippen LogP contribution in [-0.2, 0) is 13.6 Å². The minimum absolute atomic E-state index is 0.326. The molecule has 5 N–H and O–H groups in total. The summed E-state index contributed by atoms with van der Waals surface area (Å²) in [5.74, 6) is 6.95. The SMILES string of the molecule is CCCn1ncc(OC)c1C(NN)c1cnn(C)c1N. The number of nitrogens with two attached hydrogens (primary N) is 2. The molecule has 1 unspecified atom stereocenters. The number of aryl methyl sites for hydroxylation is 2. The van der Waals surface area contributed by atoms with Crippen LogP contribution < -0.4 is 21.7 Å². The topological polar surface area (TPSA) is 109 Å². The molecule has 2 aromatic heterocycles. The largest absolute Gasteiger partial charge is 0.493 e. The Kier molecular flexibility index (Phi) is 4.26. The Balaban J connectivity index is 2.50. The zero-order valence-corrected chi connectivity index (χ0v) is 12.0. The van der Waals surface area contributed by atoms with Gasteiger partial charge in [0.25, 0.3) is 0 Å². The van der Waals surface area contributed by atoms with E-state index in [1.165, 1.54) is 0 Å². The van der Waals surface area contributed by atoms with Crippen LogP contribution in [0.4, 0.5) is 5.82 Å². The summed E-state index contributed by atoms with van der Waals surface area (Å²) in [6.45, 7) is 2.86. The predicted octanol–water partition coefficient (Wildman–Crippen LogP) is 0.170. The van der Waals surface area contributed by atoms with E-state index < -0.39 is 0 Å². The fraction of sp³-hybridized carbons (Fsp3) is 0.500. The fourth-order valence-corrected chi connectivity index (χ4v) is 2.22. The van der Waals surface area contributed by atoms with Gasteiger partial charge < -0.3 is 10.5 Å². The first-order chi connectivity index (χ1) is 9.63. The molecule has 0 amide bonds. The molecule has 0 spiro atoms. The third-order valence-corrected chi connectivity index (χ3v) is 3.27. The maximum Gasteiger partial charge on any atom is 0.161 e. The summed E-state index contributed by atoms with van der Waals surface area (Å²) in [5.41, 5.74) is 10.5. The van der Waals surface area contributed by atoms with Crippen LogP contribution in [0.15, 0.2) is 12.4 Å². The third kappa shape index (κ3) is 2.35. The molecule has 0 aliphatic heterocycles. The van der Waals surface area contributed by atoms with Gasteiger partial charge in [0.2, 0.25) is 0 Å². The van der Waals surface area contributed by atoms with E-state index in [9.17, 15) is 0 Å². The van der Waals surface area contributed by atoms with E-state index in [-0.39, 0.29) is 6.04 Å². The first kappa shape index (κ1) is 14.4. The molecule has 8 nitrogen and oxygen atoms in total. The summed E-state index contributed by atoms with van der Waals surface area (Å²) < 4.78 is 8.85. The number of nitrogen functional groups attached to an aromatic ring is 1. The van der Waals surface area contributed by atoms with Gasteiger partial charge in [0.1, 0.15) is 11.5 Å². The lowest BCUT2D eigenvalue weighted by Crippen LogP contribution is -2.31. The average molecular weight is 279 g/mol. The Labute approximate surface area is 117 Å². The lowest BCUT2D eigenvalue weighted by molar-refractivity contribution is 0.398. The number of rotatable bonds is 6.